The minimum atomic E-state index is -0.825. The fraction of sp³-hybridized carbons (Fsp3) is 0.294. The van der Waals surface area contributed by atoms with Gasteiger partial charge in [0.2, 0.25) is 0 Å². The first-order chi connectivity index (χ1) is 9.72. The number of rotatable bonds is 3. The van der Waals surface area contributed by atoms with Crippen LogP contribution in [0.3, 0.4) is 0 Å². The summed E-state index contributed by atoms with van der Waals surface area (Å²) in [6.07, 6.45) is 8.30. The SMILES string of the molecule is O=C(O)Cc1cncc(-c2ccc3c(c2)CCCC3)c1. The first kappa shape index (κ1) is 12.9. The lowest BCUT2D eigenvalue weighted by molar-refractivity contribution is -0.136. The number of hydrogen-bond donors (Lipinski definition) is 1. The summed E-state index contributed by atoms with van der Waals surface area (Å²) in [6.45, 7) is 0. The molecule has 0 aliphatic heterocycles. The van der Waals surface area contributed by atoms with Crippen molar-refractivity contribution in [1.82, 2.24) is 4.98 Å². The van der Waals surface area contributed by atoms with Crippen molar-refractivity contribution in [2.45, 2.75) is 32.1 Å². The summed E-state index contributed by atoms with van der Waals surface area (Å²) in [7, 11) is 0. The molecule has 0 saturated carbocycles. The van der Waals surface area contributed by atoms with E-state index < -0.39 is 5.97 Å². The number of pyridine rings is 1. The Hall–Kier alpha value is -2.16. The zero-order valence-electron chi connectivity index (χ0n) is 11.3. The van der Waals surface area contributed by atoms with E-state index in [0.29, 0.717) is 0 Å². The van der Waals surface area contributed by atoms with E-state index >= 15 is 0 Å². The summed E-state index contributed by atoms with van der Waals surface area (Å²) < 4.78 is 0. The first-order valence-electron chi connectivity index (χ1n) is 7.00. The Morgan fingerprint density at radius 2 is 1.85 bits per heavy atom. The molecule has 0 radical (unpaired) electrons. The molecule has 0 fully saturated rings. The van der Waals surface area contributed by atoms with Gasteiger partial charge < -0.3 is 5.11 Å². The van der Waals surface area contributed by atoms with Crippen LogP contribution in [0.5, 0.6) is 0 Å². The predicted octanol–water partition coefficient (Wildman–Crippen LogP) is 3.25. The summed E-state index contributed by atoms with van der Waals surface area (Å²) in [4.78, 5) is 14.9. The molecule has 1 N–H and O–H groups in total. The van der Waals surface area contributed by atoms with Crippen molar-refractivity contribution in [2.75, 3.05) is 0 Å². The van der Waals surface area contributed by atoms with E-state index in [-0.39, 0.29) is 6.42 Å². The zero-order valence-corrected chi connectivity index (χ0v) is 11.3. The molecule has 3 nitrogen and oxygen atoms in total. The Morgan fingerprint density at radius 3 is 2.65 bits per heavy atom. The molecule has 1 aromatic heterocycles. The quantitative estimate of drug-likeness (QED) is 0.928. The van der Waals surface area contributed by atoms with Gasteiger partial charge in [0.25, 0.3) is 0 Å². The number of hydrogen-bond acceptors (Lipinski definition) is 2. The molecule has 1 aliphatic carbocycles. The highest BCUT2D eigenvalue weighted by molar-refractivity contribution is 5.72. The average molecular weight is 267 g/mol. The summed E-state index contributed by atoms with van der Waals surface area (Å²) in [6, 6.07) is 8.47. The second-order valence-corrected chi connectivity index (χ2v) is 5.34. The smallest absolute Gasteiger partial charge is 0.307 e. The van der Waals surface area contributed by atoms with Crippen molar-refractivity contribution in [2.24, 2.45) is 0 Å². The van der Waals surface area contributed by atoms with Crippen molar-refractivity contribution < 1.29 is 9.90 Å². The zero-order chi connectivity index (χ0) is 13.9. The molecule has 3 rings (SSSR count). The van der Waals surface area contributed by atoms with Gasteiger partial charge >= 0.3 is 5.97 Å². The summed E-state index contributed by atoms with van der Waals surface area (Å²) in [5.41, 5.74) is 5.75. The van der Waals surface area contributed by atoms with Crippen molar-refractivity contribution in [1.29, 1.82) is 0 Å². The highest BCUT2D eigenvalue weighted by Crippen LogP contribution is 2.27. The summed E-state index contributed by atoms with van der Waals surface area (Å²) in [5.74, 6) is -0.825. The molecule has 0 bridgehead atoms. The van der Waals surface area contributed by atoms with Crippen molar-refractivity contribution >= 4 is 5.97 Å². The van der Waals surface area contributed by atoms with Gasteiger partial charge in [0.1, 0.15) is 0 Å². The van der Waals surface area contributed by atoms with Crippen LogP contribution < -0.4 is 0 Å². The van der Waals surface area contributed by atoms with E-state index in [0.717, 1.165) is 23.1 Å². The van der Waals surface area contributed by atoms with E-state index in [1.54, 1.807) is 12.4 Å². The van der Waals surface area contributed by atoms with Crippen molar-refractivity contribution in [3.05, 3.63) is 53.3 Å². The van der Waals surface area contributed by atoms with Gasteiger partial charge in [-0.05, 0) is 54.0 Å². The lowest BCUT2D eigenvalue weighted by atomic mass is 9.89. The molecule has 102 valence electrons. The highest BCUT2D eigenvalue weighted by atomic mass is 16.4. The molecule has 0 unspecified atom stereocenters. The predicted molar refractivity (Wildman–Crippen MR) is 77.7 cm³/mol. The third kappa shape index (κ3) is 2.72. The van der Waals surface area contributed by atoms with E-state index in [1.165, 1.54) is 30.4 Å². The number of aliphatic carboxylic acids is 1. The fourth-order valence-corrected chi connectivity index (χ4v) is 2.83. The fourth-order valence-electron chi connectivity index (χ4n) is 2.83. The van der Waals surface area contributed by atoms with Gasteiger partial charge in [-0.2, -0.15) is 0 Å². The van der Waals surface area contributed by atoms with Crippen LogP contribution in [-0.4, -0.2) is 16.1 Å². The Morgan fingerprint density at radius 1 is 1.05 bits per heavy atom. The molecular formula is C17H17NO2. The maximum absolute atomic E-state index is 10.8. The van der Waals surface area contributed by atoms with Gasteiger partial charge in [0.15, 0.2) is 0 Å². The number of carboxylic acids is 1. The summed E-state index contributed by atoms with van der Waals surface area (Å²) >= 11 is 0. The monoisotopic (exact) mass is 267 g/mol. The molecule has 0 spiro atoms. The topological polar surface area (TPSA) is 50.2 Å². The number of nitrogens with zero attached hydrogens (tertiary/aromatic N) is 1. The maximum Gasteiger partial charge on any atom is 0.307 e. The molecule has 3 heteroatoms. The minimum absolute atomic E-state index is 0.0196. The van der Waals surface area contributed by atoms with Crippen LogP contribution in [-0.2, 0) is 24.1 Å². The second kappa shape index (κ2) is 5.45. The normalized spacial score (nSPS) is 13.8. The molecule has 1 aromatic carbocycles. The number of carboxylic acid groups (broad SMARTS) is 1. The molecule has 1 heterocycles. The Labute approximate surface area is 118 Å². The molecule has 2 aromatic rings. The van der Waals surface area contributed by atoms with Gasteiger partial charge in [0.05, 0.1) is 6.42 Å². The van der Waals surface area contributed by atoms with Crippen LogP contribution in [0.1, 0.15) is 29.5 Å². The lowest BCUT2D eigenvalue weighted by Crippen LogP contribution is -2.03. The van der Waals surface area contributed by atoms with E-state index in [2.05, 4.69) is 23.2 Å². The van der Waals surface area contributed by atoms with Crippen LogP contribution in [0.4, 0.5) is 0 Å². The van der Waals surface area contributed by atoms with Gasteiger partial charge in [-0.3, -0.25) is 9.78 Å². The van der Waals surface area contributed by atoms with Crippen LogP contribution in [0.25, 0.3) is 11.1 Å². The van der Waals surface area contributed by atoms with Gasteiger partial charge in [-0.25, -0.2) is 0 Å². The number of aryl methyl sites for hydroxylation is 2. The number of benzene rings is 1. The summed E-state index contributed by atoms with van der Waals surface area (Å²) in [5, 5.41) is 8.86. The maximum atomic E-state index is 10.8. The van der Waals surface area contributed by atoms with E-state index in [1.807, 2.05) is 6.07 Å². The Kier molecular flexibility index (Phi) is 3.50. The number of fused-ring (bicyclic) bond motifs is 1. The van der Waals surface area contributed by atoms with E-state index in [9.17, 15) is 4.79 Å². The van der Waals surface area contributed by atoms with Crippen molar-refractivity contribution in [3.63, 3.8) is 0 Å². The third-order valence-corrected chi connectivity index (χ3v) is 3.83. The largest absolute Gasteiger partial charge is 0.481 e. The lowest BCUT2D eigenvalue weighted by Gasteiger charge is -2.16. The Bertz CT molecular complexity index is 649. The van der Waals surface area contributed by atoms with Crippen molar-refractivity contribution in [3.8, 4) is 11.1 Å². The molecule has 1 aliphatic rings. The third-order valence-electron chi connectivity index (χ3n) is 3.83. The molecule has 20 heavy (non-hydrogen) atoms. The second-order valence-electron chi connectivity index (χ2n) is 5.34. The minimum Gasteiger partial charge on any atom is -0.481 e. The van der Waals surface area contributed by atoms with Crippen LogP contribution >= 0.6 is 0 Å². The molecular weight excluding hydrogens is 250 g/mol. The molecule has 0 saturated heterocycles. The molecule has 0 atom stereocenters. The first-order valence-corrected chi connectivity index (χ1v) is 7.00. The van der Waals surface area contributed by atoms with Gasteiger partial charge in [-0.15, -0.1) is 0 Å². The van der Waals surface area contributed by atoms with Crippen LogP contribution in [0, 0.1) is 0 Å². The van der Waals surface area contributed by atoms with Gasteiger partial charge in [-0.1, -0.05) is 18.2 Å². The van der Waals surface area contributed by atoms with Crippen LogP contribution in [0.2, 0.25) is 0 Å². The number of aromatic nitrogens is 1. The van der Waals surface area contributed by atoms with E-state index in [4.69, 9.17) is 5.11 Å². The number of carbonyl (C=O) groups is 1. The Balaban J connectivity index is 1.94. The standard InChI is InChI=1S/C17H17NO2/c19-17(20)8-12-7-16(11-18-10-12)15-6-5-13-3-1-2-4-14(13)9-15/h5-7,9-11H,1-4,8H2,(H,19,20). The molecule has 0 amide bonds. The van der Waals surface area contributed by atoms with Gasteiger partial charge in [0, 0.05) is 18.0 Å². The van der Waals surface area contributed by atoms with Crippen LogP contribution in [0.15, 0.2) is 36.7 Å². The average Bonchev–Trinajstić information content (AvgIpc) is 2.46. The highest BCUT2D eigenvalue weighted by Gasteiger charge is 2.11.